The second-order valence-corrected chi connectivity index (χ2v) is 9.88. The number of rotatable bonds is 15. The Morgan fingerprint density at radius 2 is 1.87 bits per heavy atom. The van der Waals surface area contributed by atoms with Crippen molar-refractivity contribution in [2.45, 2.75) is 56.3 Å². The highest BCUT2D eigenvalue weighted by Crippen LogP contribution is 2.27. The number of nitro benzene ring substituents is 1. The fraction of sp³-hybridized carbons (Fsp3) is 0.542. The van der Waals surface area contributed by atoms with Crippen molar-refractivity contribution in [1.82, 2.24) is 16.0 Å². The fourth-order valence-electron chi connectivity index (χ4n) is 4.13. The summed E-state index contributed by atoms with van der Waals surface area (Å²) in [5, 5.41) is 30.3. The molecule has 1 aliphatic heterocycles. The van der Waals surface area contributed by atoms with Crippen LogP contribution in [0.4, 0.5) is 11.4 Å². The van der Waals surface area contributed by atoms with Crippen LogP contribution in [0.3, 0.4) is 0 Å². The maximum absolute atomic E-state index is 13.6. The number of nitrogens with zero attached hydrogens (tertiary/aromatic N) is 1. The molecule has 1 fully saturated rings. The van der Waals surface area contributed by atoms with Gasteiger partial charge in [-0.15, -0.1) is 0 Å². The number of hydrogen-bond donors (Lipinski definition) is 5. The summed E-state index contributed by atoms with van der Waals surface area (Å²) in [5.74, 6) is -3.40. The highest BCUT2D eigenvalue weighted by Gasteiger charge is 2.55. The largest absolute Gasteiger partial charge is 0.480 e. The molecule has 15 heteroatoms. The molecular weight excluding hydrogens is 534 g/mol. The quantitative estimate of drug-likeness (QED) is 0.112. The van der Waals surface area contributed by atoms with E-state index in [0.717, 1.165) is 0 Å². The first-order valence-corrected chi connectivity index (χ1v) is 13.5. The second kappa shape index (κ2) is 14.6. The summed E-state index contributed by atoms with van der Waals surface area (Å²) in [4.78, 5) is 73.5. The van der Waals surface area contributed by atoms with Crippen molar-refractivity contribution in [3.63, 3.8) is 0 Å². The number of carboxylic acids is 1. The lowest BCUT2D eigenvalue weighted by Gasteiger charge is -2.33. The van der Waals surface area contributed by atoms with Crippen molar-refractivity contribution in [1.29, 1.82) is 0 Å². The van der Waals surface area contributed by atoms with E-state index in [1.165, 1.54) is 50.1 Å². The highest BCUT2D eigenvalue weighted by atomic mass is 32.2. The van der Waals surface area contributed by atoms with E-state index in [9.17, 15) is 34.1 Å². The molecule has 1 heterocycles. The van der Waals surface area contributed by atoms with Crippen LogP contribution in [0.5, 0.6) is 0 Å². The topological polar surface area (TPSA) is 206 Å². The molecule has 1 aromatic rings. The fourth-order valence-corrected chi connectivity index (χ4v) is 4.60. The summed E-state index contributed by atoms with van der Waals surface area (Å²) >= 11 is 1.45. The number of Topliss-reactive ketones (excluding diaryl/α,β-unsaturated/α-hetero) is 1. The predicted molar refractivity (Wildman–Crippen MR) is 142 cm³/mol. The van der Waals surface area contributed by atoms with E-state index in [1.54, 1.807) is 0 Å². The Balaban J connectivity index is 2.20. The van der Waals surface area contributed by atoms with Crippen molar-refractivity contribution in [2.75, 3.05) is 31.0 Å². The van der Waals surface area contributed by atoms with Crippen molar-refractivity contribution in [3.8, 4) is 0 Å². The van der Waals surface area contributed by atoms with Crippen LogP contribution in [-0.4, -0.2) is 88.9 Å². The number of nitro groups is 1. The molecular formula is C24H33N5O9S. The number of nitrogens with one attached hydrogen (secondary N) is 4. The Morgan fingerprint density at radius 3 is 2.44 bits per heavy atom. The number of thioether (sulfide) groups is 1. The highest BCUT2D eigenvalue weighted by molar-refractivity contribution is 7.98. The van der Waals surface area contributed by atoms with Crippen molar-refractivity contribution in [2.24, 2.45) is 0 Å². The minimum absolute atomic E-state index is 0.148. The van der Waals surface area contributed by atoms with Crippen molar-refractivity contribution < 1.29 is 38.7 Å². The number of ether oxygens (including phenoxy) is 1. The molecule has 1 unspecified atom stereocenters. The summed E-state index contributed by atoms with van der Waals surface area (Å²) in [7, 11) is 1.35. The summed E-state index contributed by atoms with van der Waals surface area (Å²) in [6, 6.07) is 3.00. The van der Waals surface area contributed by atoms with Crippen LogP contribution in [0, 0.1) is 10.1 Å². The van der Waals surface area contributed by atoms with Gasteiger partial charge in [0, 0.05) is 37.8 Å². The molecule has 0 aliphatic carbocycles. The maximum Gasteiger partial charge on any atom is 0.325 e. The Morgan fingerprint density at radius 1 is 1.21 bits per heavy atom. The van der Waals surface area contributed by atoms with Gasteiger partial charge in [0.15, 0.2) is 11.3 Å². The van der Waals surface area contributed by atoms with Gasteiger partial charge in [-0.2, -0.15) is 11.8 Å². The molecule has 0 radical (unpaired) electrons. The zero-order chi connectivity index (χ0) is 29.2. The van der Waals surface area contributed by atoms with Gasteiger partial charge in [-0.25, -0.2) is 0 Å². The number of carbonyl (C=O) groups excluding carboxylic acids is 4. The molecule has 2 rings (SSSR count). The number of carboxylic acid groups (broad SMARTS) is 1. The van der Waals surface area contributed by atoms with E-state index in [0.29, 0.717) is 12.2 Å². The molecule has 0 saturated carbocycles. The van der Waals surface area contributed by atoms with Crippen LogP contribution in [-0.2, 0) is 28.7 Å². The molecule has 39 heavy (non-hydrogen) atoms. The van der Waals surface area contributed by atoms with Gasteiger partial charge in [0.25, 0.3) is 11.6 Å². The number of carbonyl (C=O) groups is 5. The molecule has 0 aromatic heterocycles. The predicted octanol–water partition coefficient (Wildman–Crippen LogP) is 0.457. The van der Waals surface area contributed by atoms with Crippen molar-refractivity contribution >= 4 is 52.6 Å². The van der Waals surface area contributed by atoms with E-state index < -0.39 is 58.1 Å². The second-order valence-electron chi connectivity index (χ2n) is 8.90. The van der Waals surface area contributed by atoms with E-state index >= 15 is 0 Å². The van der Waals surface area contributed by atoms with Gasteiger partial charge in [-0.1, -0.05) is 0 Å². The van der Waals surface area contributed by atoms with Crippen LogP contribution in [0.15, 0.2) is 24.3 Å². The van der Waals surface area contributed by atoms with E-state index in [-0.39, 0.29) is 37.2 Å². The van der Waals surface area contributed by atoms with E-state index in [1.807, 2.05) is 6.26 Å². The summed E-state index contributed by atoms with van der Waals surface area (Å²) < 4.78 is 5.44. The maximum atomic E-state index is 13.6. The van der Waals surface area contributed by atoms with Crippen LogP contribution >= 0.6 is 11.8 Å². The van der Waals surface area contributed by atoms with Gasteiger partial charge in [0.1, 0.15) is 12.1 Å². The summed E-state index contributed by atoms with van der Waals surface area (Å²) in [6.45, 7) is 1.55. The number of amides is 3. The van der Waals surface area contributed by atoms with Gasteiger partial charge in [-0.05, 0) is 50.5 Å². The van der Waals surface area contributed by atoms with Gasteiger partial charge in [0.05, 0.1) is 11.0 Å². The number of non-ortho nitro benzene ring substituents is 1. The third kappa shape index (κ3) is 8.21. The van der Waals surface area contributed by atoms with Crippen molar-refractivity contribution in [3.05, 3.63) is 34.4 Å². The first-order valence-electron chi connectivity index (χ1n) is 12.1. The molecule has 3 amide bonds. The van der Waals surface area contributed by atoms with Crippen LogP contribution < -0.4 is 21.3 Å². The summed E-state index contributed by atoms with van der Waals surface area (Å²) in [5.41, 5.74) is -1.72. The first kappa shape index (κ1) is 31.7. The first-order chi connectivity index (χ1) is 18.5. The molecule has 0 bridgehead atoms. The average Bonchev–Trinajstić information content (AvgIpc) is 3.35. The molecule has 14 nitrogen and oxygen atoms in total. The monoisotopic (exact) mass is 567 g/mol. The molecule has 4 atom stereocenters. The van der Waals surface area contributed by atoms with E-state index in [2.05, 4.69) is 21.3 Å². The third-order valence-corrected chi connectivity index (χ3v) is 6.92. The molecule has 214 valence electrons. The zero-order valence-electron chi connectivity index (χ0n) is 21.9. The third-order valence-electron chi connectivity index (χ3n) is 6.28. The lowest BCUT2D eigenvalue weighted by atomic mass is 9.85. The number of ketones is 1. The number of methoxy groups -OCH3 is 1. The Hall–Kier alpha value is -3.56. The smallest absolute Gasteiger partial charge is 0.325 e. The van der Waals surface area contributed by atoms with Crippen LogP contribution in [0.25, 0.3) is 0 Å². The van der Waals surface area contributed by atoms with Gasteiger partial charge in [-0.3, -0.25) is 39.4 Å². The lowest BCUT2D eigenvalue weighted by molar-refractivity contribution is -0.384. The molecule has 1 aliphatic rings. The Kier molecular flexibility index (Phi) is 11.8. The standard InChI is InChI=1S/C24H33N5O9S/c1-14(22(33)34)26-20(31)9-8-18(30)24(19(38-2)10-12-25-24)23(35)28-17(11-13-39-3)21(32)27-15-4-6-16(7-5-15)29(36)37/h4-7,14,17,19,25H,8-13H2,1-3H3,(H,26,31)(H,27,32)(H,28,35)(H,33,34)/t14-,17-,19?,24-/m0/s1. The molecule has 1 aromatic carbocycles. The molecule has 0 spiro atoms. The van der Waals surface area contributed by atoms with Crippen LogP contribution in [0.1, 0.15) is 32.6 Å². The van der Waals surface area contributed by atoms with Gasteiger partial charge in [0.2, 0.25) is 11.8 Å². The average molecular weight is 568 g/mol. The normalized spacial score (nSPS) is 19.9. The van der Waals surface area contributed by atoms with Crippen LogP contribution in [0.2, 0.25) is 0 Å². The van der Waals surface area contributed by atoms with Gasteiger partial charge < -0.3 is 25.8 Å². The molecule has 1 saturated heterocycles. The molecule has 5 N–H and O–H groups in total. The Labute approximate surface area is 229 Å². The minimum Gasteiger partial charge on any atom is -0.480 e. The minimum atomic E-state index is -1.86. The summed E-state index contributed by atoms with van der Waals surface area (Å²) in [6.07, 6.45) is 0.785. The zero-order valence-corrected chi connectivity index (χ0v) is 22.7. The Bertz CT molecular complexity index is 1080. The van der Waals surface area contributed by atoms with Gasteiger partial charge >= 0.3 is 5.97 Å². The number of aliphatic carboxylic acids is 1. The SMILES string of the molecule is COC1CCN[C@]1(C(=O)CCC(=O)N[C@@H](C)C(=O)O)C(=O)N[C@@H](CCSC)C(=O)Nc1ccc([N+](=O)[O-])cc1. The van der Waals surface area contributed by atoms with E-state index in [4.69, 9.17) is 9.84 Å². The number of anilines is 1. The lowest BCUT2D eigenvalue weighted by Crippen LogP contribution is -2.67. The number of hydrogen-bond acceptors (Lipinski definition) is 10. The number of benzene rings is 1.